The minimum absolute atomic E-state index is 0.0132. The second-order valence-electron chi connectivity index (χ2n) is 5.48. The molecule has 0 unspecified atom stereocenters. The predicted octanol–water partition coefficient (Wildman–Crippen LogP) is 4.34. The van der Waals surface area contributed by atoms with E-state index in [2.05, 4.69) is 15.5 Å². The van der Waals surface area contributed by atoms with E-state index >= 15 is 0 Å². The Balaban J connectivity index is 1.62. The van der Waals surface area contributed by atoms with Crippen molar-refractivity contribution in [3.63, 3.8) is 0 Å². The van der Waals surface area contributed by atoms with Crippen molar-refractivity contribution in [1.29, 1.82) is 0 Å². The maximum Gasteiger partial charge on any atom is 0.277 e. The lowest BCUT2D eigenvalue weighted by atomic mass is 10.2. The predicted molar refractivity (Wildman–Crippen MR) is 102 cm³/mol. The fourth-order valence-electron chi connectivity index (χ4n) is 2.18. The molecule has 1 heterocycles. The van der Waals surface area contributed by atoms with Gasteiger partial charge in [0.15, 0.2) is 0 Å². The van der Waals surface area contributed by atoms with Crippen LogP contribution in [0, 0.1) is 17.0 Å². The molecule has 0 fully saturated rings. The largest absolute Gasteiger partial charge is 0.411 e. The molecule has 0 aliphatic rings. The normalized spacial score (nSPS) is 10.6. The van der Waals surface area contributed by atoms with Crippen LogP contribution in [0.15, 0.2) is 52.1 Å². The summed E-state index contributed by atoms with van der Waals surface area (Å²) in [6.45, 7) is 1.75. The molecule has 2 aromatic carbocycles. The summed E-state index contributed by atoms with van der Waals surface area (Å²) >= 11 is 7.00. The first-order valence-electron chi connectivity index (χ1n) is 7.69. The second kappa shape index (κ2) is 8.19. The van der Waals surface area contributed by atoms with Crippen molar-refractivity contribution >= 4 is 40.6 Å². The lowest BCUT2D eigenvalue weighted by Gasteiger charge is -2.07. The Hall–Kier alpha value is -2.91. The topological polar surface area (TPSA) is 111 Å². The molecule has 0 atom stereocenters. The quantitative estimate of drug-likeness (QED) is 0.369. The van der Waals surface area contributed by atoms with Gasteiger partial charge >= 0.3 is 0 Å². The summed E-state index contributed by atoms with van der Waals surface area (Å²) in [4.78, 5) is 22.5. The van der Waals surface area contributed by atoms with Gasteiger partial charge in [-0.2, -0.15) is 0 Å². The van der Waals surface area contributed by atoms with Gasteiger partial charge in [0.05, 0.1) is 16.4 Å². The molecular weight excluding hydrogens is 392 g/mol. The first-order valence-corrected chi connectivity index (χ1v) is 9.06. The monoisotopic (exact) mass is 404 g/mol. The highest BCUT2D eigenvalue weighted by Crippen LogP contribution is 2.26. The SMILES string of the molecule is Cc1ccc([N+](=O)[O-])cc1NC(=O)CSc1nnc(-c2cccc(Cl)c2)o1. The van der Waals surface area contributed by atoms with Crippen LogP contribution >= 0.6 is 23.4 Å². The van der Waals surface area contributed by atoms with Gasteiger partial charge in [-0.3, -0.25) is 14.9 Å². The molecule has 0 aliphatic heterocycles. The molecule has 0 spiro atoms. The Labute approximate surface area is 163 Å². The van der Waals surface area contributed by atoms with E-state index < -0.39 is 4.92 Å². The Kier molecular flexibility index (Phi) is 5.72. The molecule has 27 heavy (non-hydrogen) atoms. The van der Waals surface area contributed by atoms with E-state index in [1.165, 1.54) is 12.1 Å². The molecule has 1 amide bonds. The second-order valence-corrected chi connectivity index (χ2v) is 6.84. The number of nitro groups is 1. The van der Waals surface area contributed by atoms with Crippen molar-refractivity contribution in [3.8, 4) is 11.5 Å². The van der Waals surface area contributed by atoms with Crippen molar-refractivity contribution in [2.45, 2.75) is 12.1 Å². The zero-order valence-corrected chi connectivity index (χ0v) is 15.6. The Morgan fingerprint density at radius 2 is 2.11 bits per heavy atom. The molecule has 1 N–H and O–H groups in total. The van der Waals surface area contributed by atoms with Gasteiger partial charge in [-0.15, -0.1) is 10.2 Å². The number of non-ortho nitro benzene ring substituents is 1. The molecule has 0 saturated heterocycles. The van der Waals surface area contributed by atoms with E-state index in [-0.39, 0.29) is 22.6 Å². The van der Waals surface area contributed by atoms with E-state index in [1.807, 2.05) is 0 Å². The number of nitro benzene ring substituents is 1. The molecule has 3 rings (SSSR count). The maximum atomic E-state index is 12.1. The fourth-order valence-corrected chi connectivity index (χ4v) is 2.93. The minimum Gasteiger partial charge on any atom is -0.411 e. The van der Waals surface area contributed by atoms with Crippen LogP contribution in [0.1, 0.15) is 5.56 Å². The van der Waals surface area contributed by atoms with Crippen molar-refractivity contribution in [3.05, 3.63) is 63.2 Å². The summed E-state index contributed by atoms with van der Waals surface area (Å²) in [5.41, 5.74) is 1.70. The number of carbonyl (C=O) groups is 1. The molecular formula is C17H13ClN4O4S. The Bertz CT molecular complexity index is 1010. The lowest BCUT2D eigenvalue weighted by Crippen LogP contribution is -2.15. The van der Waals surface area contributed by atoms with Crippen LogP contribution in [0.3, 0.4) is 0 Å². The number of anilines is 1. The van der Waals surface area contributed by atoms with E-state index in [9.17, 15) is 14.9 Å². The zero-order valence-electron chi connectivity index (χ0n) is 14.0. The molecule has 1 aromatic heterocycles. The number of halogens is 1. The minimum atomic E-state index is -0.514. The first-order chi connectivity index (χ1) is 12.9. The van der Waals surface area contributed by atoms with Crippen molar-refractivity contribution in [2.75, 3.05) is 11.1 Å². The fraction of sp³-hybridized carbons (Fsp3) is 0.118. The summed E-state index contributed by atoms with van der Waals surface area (Å²) in [6, 6.07) is 11.3. The van der Waals surface area contributed by atoms with Crippen LogP contribution in [-0.2, 0) is 4.79 Å². The average Bonchev–Trinajstić information content (AvgIpc) is 3.11. The third-order valence-electron chi connectivity index (χ3n) is 3.51. The van der Waals surface area contributed by atoms with Crippen LogP contribution in [0.25, 0.3) is 11.5 Å². The van der Waals surface area contributed by atoms with Gasteiger partial charge < -0.3 is 9.73 Å². The van der Waals surface area contributed by atoms with Gasteiger partial charge in [-0.1, -0.05) is 35.5 Å². The van der Waals surface area contributed by atoms with Gasteiger partial charge in [0.1, 0.15) is 0 Å². The van der Waals surface area contributed by atoms with E-state index in [1.54, 1.807) is 37.3 Å². The van der Waals surface area contributed by atoms with Crippen molar-refractivity contribution in [2.24, 2.45) is 0 Å². The highest BCUT2D eigenvalue weighted by Gasteiger charge is 2.14. The van der Waals surface area contributed by atoms with E-state index in [0.717, 1.165) is 17.3 Å². The highest BCUT2D eigenvalue weighted by atomic mass is 35.5. The van der Waals surface area contributed by atoms with Crippen LogP contribution in [0.4, 0.5) is 11.4 Å². The van der Waals surface area contributed by atoms with E-state index in [4.69, 9.17) is 16.0 Å². The maximum absolute atomic E-state index is 12.1. The standard InChI is InChI=1S/C17H13ClN4O4S/c1-10-5-6-13(22(24)25)8-14(10)19-15(23)9-27-17-21-20-16(26-17)11-3-2-4-12(18)7-11/h2-8H,9H2,1H3,(H,19,23). The Morgan fingerprint density at radius 3 is 2.85 bits per heavy atom. The number of thioether (sulfide) groups is 1. The molecule has 8 nitrogen and oxygen atoms in total. The van der Waals surface area contributed by atoms with Crippen LogP contribution < -0.4 is 5.32 Å². The summed E-state index contributed by atoms with van der Waals surface area (Å²) in [6.07, 6.45) is 0. The van der Waals surface area contributed by atoms with Gasteiger partial charge in [-0.25, -0.2) is 0 Å². The number of nitrogens with zero attached hydrogens (tertiary/aromatic N) is 3. The molecule has 0 saturated carbocycles. The van der Waals surface area contributed by atoms with Gasteiger partial charge in [0.25, 0.3) is 10.9 Å². The number of nitrogens with one attached hydrogen (secondary N) is 1. The third kappa shape index (κ3) is 4.83. The summed E-state index contributed by atoms with van der Waals surface area (Å²) in [5.74, 6) is -0.0275. The number of aromatic nitrogens is 2. The smallest absolute Gasteiger partial charge is 0.277 e. The molecule has 10 heteroatoms. The number of aryl methyl sites for hydroxylation is 1. The summed E-state index contributed by atoms with van der Waals surface area (Å²) in [5, 5.41) is 22.1. The first kappa shape index (κ1) is 18.9. The molecule has 0 bridgehead atoms. The molecule has 0 radical (unpaired) electrons. The van der Waals surface area contributed by atoms with Gasteiger partial charge in [0, 0.05) is 22.7 Å². The van der Waals surface area contributed by atoms with Crippen LogP contribution in [-0.4, -0.2) is 26.8 Å². The summed E-state index contributed by atoms with van der Waals surface area (Å²) in [7, 11) is 0. The Morgan fingerprint density at radius 1 is 1.30 bits per heavy atom. The van der Waals surface area contributed by atoms with Gasteiger partial charge in [0.2, 0.25) is 11.8 Å². The lowest BCUT2D eigenvalue weighted by molar-refractivity contribution is -0.384. The van der Waals surface area contributed by atoms with Crippen LogP contribution in [0.2, 0.25) is 5.02 Å². The number of carbonyl (C=O) groups excluding carboxylic acids is 1. The number of benzene rings is 2. The molecule has 3 aromatic rings. The number of amides is 1. The van der Waals surface area contributed by atoms with Gasteiger partial charge in [-0.05, 0) is 30.7 Å². The average molecular weight is 405 g/mol. The van der Waals surface area contributed by atoms with Crippen LogP contribution in [0.5, 0.6) is 0 Å². The molecule has 138 valence electrons. The van der Waals surface area contributed by atoms with E-state index in [0.29, 0.717) is 22.2 Å². The number of rotatable bonds is 6. The zero-order chi connectivity index (χ0) is 19.4. The van der Waals surface area contributed by atoms with Crippen molar-refractivity contribution < 1.29 is 14.1 Å². The molecule has 0 aliphatic carbocycles. The highest BCUT2D eigenvalue weighted by molar-refractivity contribution is 7.99. The van der Waals surface area contributed by atoms with Crippen molar-refractivity contribution in [1.82, 2.24) is 10.2 Å². The number of hydrogen-bond acceptors (Lipinski definition) is 7. The third-order valence-corrected chi connectivity index (χ3v) is 4.56. The number of hydrogen-bond donors (Lipinski definition) is 1. The summed E-state index contributed by atoms with van der Waals surface area (Å²) < 4.78 is 5.51.